The van der Waals surface area contributed by atoms with Crippen LogP contribution in [0.1, 0.15) is 0 Å². The first kappa shape index (κ1) is 18.4. The van der Waals surface area contributed by atoms with Crippen molar-refractivity contribution >= 4 is 6.29 Å². The lowest BCUT2D eigenvalue weighted by molar-refractivity contribution is -0.173. The lowest BCUT2D eigenvalue weighted by Gasteiger charge is -2.34. The lowest BCUT2D eigenvalue weighted by Crippen LogP contribution is -2.53. The van der Waals surface area contributed by atoms with Crippen molar-refractivity contribution in [1.29, 1.82) is 0 Å². The van der Waals surface area contributed by atoms with Gasteiger partial charge in [0.1, 0.15) is 30.5 Å². The number of carbonyl (C=O) groups is 1. The van der Waals surface area contributed by atoms with Crippen molar-refractivity contribution in [3.05, 3.63) is 0 Å². The van der Waals surface area contributed by atoms with E-state index in [4.69, 9.17) is 23.7 Å². The fourth-order valence-electron chi connectivity index (χ4n) is 1.87. The molecule has 19 heavy (non-hydrogen) atoms. The number of hydrogen-bond donors (Lipinski definition) is 1. The minimum atomic E-state index is -1.03. The fourth-order valence-corrected chi connectivity index (χ4v) is 1.87. The van der Waals surface area contributed by atoms with Crippen molar-refractivity contribution in [2.75, 3.05) is 42.2 Å². The minimum Gasteiger partial charge on any atom is -0.387 e. The van der Waals surface area contributed by atoms with Gasteiger partial charge < -0.3 is 33.6 Å². The highest BCUT2D eigenvalue weighted by Gasteiger charge is 2.38. The molecule has 0 rings (SSSR count). The number of methoxy groups -OCH3 is 5. The van der Waals surface area contributed by atoms with Gasteiger partial charge >= 0.3 is 0 Å². The number of aldehydes is 1. The van der Waals surface area contributed by atoms with Gasteiger partial charge in [-0.25, -0.2) is 0 Å². The van der Waals surface area contributed by atoms with Gasteiger partial charge in [0.2, 0.25) is 0 Å². The average Bonchev–Trinajstić information content (AvgIpc) is 2.44. The van der Waals surface area contributed by atoms with Crippen LogP contribution in [0.4, 0.5) is 0 Å². The molecule has 0 aliphatic carbocycles. The van der Waals surface area contributed by atoms with Crippen LogP contribution in [0.15, 0.2) is 0 Å². The molecule has 0 amide bonds. The highest BCUT2D eigenvalue weighted by Crippen LogP contribution is 2.17. The van der Waals surface area contributed by atoms with Crippen LogP contribution in [0, 0.1) is 0 Å². The summed E-state index contributed by atoms with van der Waals surface area (Å²) < 4.78 is 25.5. The van der Waals surface area contributed by atoms with E-state index in [0.29, 0.717) is 6.29 Å². The maximum absolute atomic E-state index is 10.9. The van der Waals surface area contributed by atoms with Crippen LogP contribution in [-0.4, -0.2) is 84.1 Å². The van der Waals surface area contributed by atoms with Crippen molar-refractivity contribution in [2.45, 2.75) is 30.5 Å². The van der Waals surface area contributed by atoms with Gasteiger partial charge in [-0.1, -0.05) is 0 Å². The number of ether oxygens (including phenoxy) is 5. The molecule has 0 saturated heterocycles. The van der Waals surface area contributed by atoms with Crippen LogP contribution in [0.25, 0.3) is 0 Å². The summed E-state index contributed by atoms with van der Waals surface area (Å²) in [6.07, 6.45) is -3.42. The Morgan fingerprint density at radius 2 is 1.53 bits per heavy atom. The molecule has 7 heteroatoms. The Kier molecular flexibility index (Phi) is 9.94. The van der Waals surface area contributed by atoms with E-state index in [2.05, 4.69) is 0 Å². The van der Waals surface area contributed by atoms with Gasteiger partial charge in [-0.05, 0) is 0 Å². The first-order valence-corrected chi connectivity index (χ1v) is 5.84. The lowest BCUT2D eigenvalue weighted by atomic mass is 9.99. The van der Waals surface area contributed by atoms with Crippen LogP contribution in [0.2, 0.25) is 0 Å². The highest BCUT2D eigenvalue weighted by molar-refractivity contribution is 5.57. The molecule has 0 aromatic carbocycles. The SMILES string of the molecule is COC[C@H](OC)[C@@H](O)[C@@H](OC)[C@H](OC)[C@@H](C=O)OC. The van der Waals surface area contributed by atoms with E-state index in [1.807, 2.05) is 0 Å². The molecule has 0 aliphatic rings. The summed E-state index contributed by atoms with van der Waals surface area (Å²) in [4.78, 5) is 10.9. The van der Waals surface area contributed by atoms with Crippen molar-refractivity contribution in [2.24, 2.45) is 0 Å². The van der Waals surface area contributed by atoms with Crippen LogP contribution in [-0.2, 0) is 28.5 Å². The summed E-state index contributed by atoms with van der Waals surface area (Å²) >= 11 is 0. The van der Waals surface area contributed by atoms with E-state index in [9.17, 15) is 9.90 Å². The Balaban J connectivity index is 4.97. The molecule has 0 spiro atoms. The van der Waals surface area contributed by atoms with E-state index in [1.54, 1.807) is 0 Å². The Morgan fingerprint density at radius 3 is 1.84 bits per heavy atom. The molecule has 0 bridgehead atoms. The van der Waals surface area contributed by atoms with E-state index in [0.717, 1.165) is 0 Å². The Morgan fingerprint density at radius 1 is 0.947 bits per heavy atom. The maximum Gasteiger partial charge on any atom is 0.151 e. The largest absolute Gasteiger partial charge is 0.387 e. The van der Waals surface area contributed by atoms with Gasteiger partial charge in [-0.15, -0.1) is 0 Å². The molecule has 0 saturated carbocycles. The third kappa shape index (κ3) is 5.13. The molecular formula is C12H24O7. The van der Waals surface area contributed by atoms with Gasteiger partial charge in [-0.2, -0.15) is 0 Å². The molecule has 0 unspecified atom stereocenters. The zero-order valence-electron chi connectivity index (χ0n) is 12.1. The number of aliphatic hydroxyl groups excluding tert-OH is 1. The molecule has 5 atom stereocenters. The smallest absolute Gasteiger partial charge is 0.151 e. The van der Waals surface area contributed by atoms with Crippen molar-refractivity contribution in [3.8, 4) is 0 Å². The summed E-state index contributed by atoms with van der Waals surface area (Å²) in [7, 11) is 7.16. The van der Waals surface area contributed by atoms with Crippen molar-refractivity contribution in [1.82, 2.24) is 0 Å². The zero-order chi connectivity index (χ0) is 14.8. The summed E-state index contributed by atoms with van der Waals surface area (Å²) in [6.45, 7) is 0.187. The van der Waals surface area contributed by atoms with Crippen LogP contribution in [0.5, 0.6) is 0 Å². The number of rotatable bonds is 11. The van der Waals surface area contributed by atoms with E-state index in [1.165, 1.54) is 35.5 Å². The van der Waals surface area contributed by atoms with Gasteiger partial charge in [0, 0.05) is 35.5 Å². The predicted molar refractivity (Wildman–Crippen MR) is 67.1 cm³/mol. The van der Waals surface area contributed by atoms with Crippen molar-refractivity contribution < 1.29 is 33.6 Å². The van der Waals surface area contributed by atoms with E-state index >= 15 is 0 Å². The number of carbonyl (C=O) groups excluding carboxylic acids is 1. The Bertz CT molecular complexity index is 236. The number of hydrogen-bond acceptors (Lipinski definition) is 7. The van der Waals surface area contributed by atoms with E-state index < -0.39 is 30.5 Å². The Labute approximate surface area is 113 Å². The van der Waals surface area contributed by atoms with E-state index in [-0.39, 0.29) is 6.61 Å². The van der Waals surface area contributed by atoms with Crippen molar-refractivity contribution in [3.63, 3.8) is 0 Å². The second kappa shape index (κ2) is 10.2. The second-order valence-electron chi connectivity index (χ2n) is 3.96. The first-order valence-electron chi connectivity index (χ1n) is 5.84. The zero-order valence-corrected chi connectivity index (χ0v) is 12.1. The maximum atomic E-state index is 10.9. The Hall–Kier alpha value is -0.570. The van der Waals surface area contributed by atoms with Gasteiger partial charge in [0.15, 0.2) is 6.29 Å². The molecule has 0 radical (unpaired) electrons. The first-order chi connectivity index (χ1) is 9.10. The summed E-state index contributed by atoms with van der Waals surface area (Å²) in [5, 5.41) is 10.3. The summed E-state index contributed by atoms with van der Waals surface area (Å²) in [5.41, 5.74) is 0. The van der Waals surface area contributed by atoms with Crippen LogP contribution in [0.3, 0.4) is 0 Å². The molecule has 1 N–H and O–H groups in total. The normalized spacial score (nSPS) is 19.5. The van der Waals surface area contributed by atoms with Gasteiger partial charge in [0.05, 0.1) is 6.61 Å². The second-order valence-corrected chi connectivity index (χ2v) is 3.96. The third-order valence-electron chi connectivity index (χ3n) is 2.95. The summed E-state index contributed by atoms with van der Waals surface area (Å²) in [6, 6.07) is 0. The van der Waals surface area contributed by atoms with Gasteiger partial charge in [0.25, 0.3) is 0 Å². The molecule has 114 valence electrons. The average molecular weight is 280 g/mol. The molecule has 0 fully saturated rings. The monoisotopic (exact) mass is 280 g/mol. The quantitative estimate of drug-likeness (QED) is 0.499. The predicted octanol–water partition coefficient (Wildman–Crippen LogP) is -0.747. The molecule has 0 aromatic heterocycles. The standard InChI is InChI=1S/C12H24O7/c1-15-7-9(17-3)10(14)12(19-5)11(18-4)8(6-13)16-2/h6,8-12,14H,7H2,1-5H3/t8-,9+,10-,11-,12-/m1/s1. The topological polar surface area (TPSA) is 83.5 Å². The minimum absolute atomic E-state index is 0.187. The van der Waals surface area contributed by atoms with Gasteiger partial charge in [-0.3, -0.25) is 0 Å². The molecular weight excluding hydrogens is 256 g/mol. The molecule has 0 aliphatic heterocycles. The number of aliphatic hydroxyl groups is 1. The van der Waals surface area contributed by atoms with Crippen LogP contribution < -0.4 is 0 Å². The molecule has 0 aromatic rings. The summed E-state index contributed by atoms with van der Waals surface area (Å²) in [5.74, 6) is 0. The fraction of sp³-hybridized carbons (Fsp3) is 0.917. The van der Waals surface area contributed by atoms with Crippen LogP contribution >= 0.6 is 0 Å². The molecule has 0 heterocycles. The highest BCUT2D eigenvalue weighted by atomic mass is 16.6. The molecule has 7 nitrogen and oxygen atoms in total. The third-order valence-corrected chi connectivity index (χ3v) is 2.95.